The molecule has 0 saturated carbocycles. The fraction of sp³-hybridized carbons (Fsp3) is 0.538. The number of nitrogens with zero attached hydrogens (tertiary/aromatic N) is 1. The Hall–Kier alpha value is -0.980. The average molecular weight is 328 g/mol. The lowest BCUT2D eigenvalue weighted by atomic mass is 9.78. The van der Waals surface area contributed by atoms with Gasteiger partial charge in [-0.1, -0.05) is 0 Å². The predicted molar refractivity (Wildman–Crippen MR) is 77.0 cm³/mol. The Labute approximate surface area is 121 Å². The first-order valence-electron chi connectivity index (χ1n) is 6.29. The van der Waals surface area contributed by atoms with Crippen LogP contribution in [0.1, 0.15) is 12.8 Å². The van der Waals surface area contributed by atoms with Gasteiger partial charge in [-0.25, -0.2) is 4.98 Å². The summed E-state index contributed by atoms with van der Waals surface area (Å²) in [6.45, 7) is 2.12. The molecule has 1 amide bonds. The molecule has 1 aliphatic heterocycles. The third kappa shape index (κ3) is 3.52. The highest BCUT2D eigenvalue weighted by Gasteiger charge is 2.39. The maximum absolute atomic E-state index is 12.5. The molecule has 1 aromatic rings. The van der Waals surface area contributed by atoms with E-state index in [-0.39, 0.29) is 5.91 Å². The van der Waals surface area contributed by atoms with Gasteiger partial charge in [0.05, 0.1) is 12.0 Å². The quantitative estimate of drug-likeness (QED) is 0.885. The second kappa shape index (κ2) is 6.45. The molecule has 19 heavy (non-hydrogen) atoms. The van der Waals surface area contributed by atoms with Crippen molar-refractivity contribution in [3.05, 3.63) is 22.8 Å². The van der Waals surface area contributed by atoms with E-state index in [1.807, 2.05) is 6.07 Å². The number of aromatic nitrogens is 1. The largest absolute Gasteiger partial charge is 0.384 e. The van der Waals surface area contributed by atoms with E-state index in [4.69, 9.17) is 4.74 Å². The van der Waals surface area contributed by atoms with Gasteiger partial charge in [-0.3, -0.25) is 4.79 Å². The Morgan fingerprint density at radius 1 is 1.53 bits per heavy atom. The van der Waals surface area contributed by atoms with Gasteiger partial charge < -0.3 is 15.4 Å². The van der Waals surface area contributed by atoms with Crippen molar-refractivity contribution < 1.29 is 9.53 Å². The Balaban J connectivity index is 2.09. The lowest BCUT2D eigenvalue weighted by Gasteiger charge is -2.35. The maximum atomic E-state index is 12.5. The number of hydrogen-bond acceptors (Lipinski definition) is 4. The smallest absolute Gasteiger partial charge is 0.234 e. The lowest BCUT2D eigenvalue weighted by molar-refractivity contribution is -0.130. The van der Waals surface area contributed by atoms with E-state index in [9.17, 15) is 4.79 Å². The summed E-state index contributed by atoms with van der Waals surface area (Å²) in [6.07, 6.45) is 3.23. The zero-order chi connectivity index (χ0) is 13.7. The normalized spacial score (nSPS) is 18.0. The number of anilines is 1. The third-order valence-corrected chi connectivity index (χ3v) is 3.90. The Bertz CT molecular complexity index is 425. The van der Waals surface area contributed by atoms with E-state index in [0.29, 0.717) is 12.4 Å². The number of nitrogens with one attached hydrogen (secondary N) is 2. The van der Waals surface area contributed by atoms with Crippen molar-refractivity contribution >= 4 is 27.7 Å². The first kappa shape index (κ1) is 14.4. The van der Waals surface area contributed by atoms with E-state index < -0.39 is 5.41 Å². The molecule has 0 radical (unpaired) electrons. The molecule has 1 saturated heterocycles. The molecule has 0 aliphatic carbocycles. The summed E-state index contributed by atoms with van der Waals surface area (Å²) in [5.74, 6) is 0.563. The van der Waals surface area contributed by atoms with Crippen LogP contribution in [0.25, 0.3) is 0 Å². The Kier molecular flexibility index (Phi) is 4.90. The standard InChI is InChI=1S/C13H18BrN3O2/c1-19-9-13(4-6-15-7-5-13)12(18)17-11-3-2-10(14)8-16-11/h2-3,8,15H,4-7,9H2,1H3,(H,16,17,18). The van der Waals surface area contributed by atoms with Crippen molar-refractivity contribution in [2.45, 2.75) is 12.8 Å². The molecule has 0 aromatic carbocycles. The number of carbonyl (C=O) groups excluding carboxylic acids is 1. The van der Waals surface area contributed by atoms with Gasteiger partial charge in [-0.05, 0) is 54.0 Å². The Morgan fingerprint density at radius 2 is 2.26 bits per heavy atom. The van der Waals surface area contributed by atoms with Gasteiger partial charge in [0.1, 0.15) is 5.82 Å². The number of ether oxygens (including phenoxy) is 1. The molecule has 1 aromatic heterocycles. The summed E-state index contributed by atoms with van der Waals surface area (Å²) in [4.78, 5) is 16.7. The molecule has 0 bridgehead atoms. The van der Waals surface area contributed by atoms with Crippen LogP contribution in [0.3, 0.4) is 0 Å². The molecule has 5 nitrogen and oxygen atoms in total. The second-order valence-electron chi connectivity index (χ2n) is 4.78. The van der Waals surface area contributed by atoms with E-state index in [1.165, 1.54) is 0 Å². The first-order chi connectivity index (χ1) is 9.16. The van der Waals surface area contributed by atoms with E-state index in [2.05, 4.69) is 31.5 Å². The molecular formula is C13H18BrN3O2. The molecule has 2 heterocycles. The fourth-order valence-corrected chi connectivity index (χ4v) is 2.55. The van der Waals surface area contributed by atoms with Crippen LogP contribution in [0.5, 0.6) is 0 Å². The summed E-state index contributed by atoms with van der Waals surface area (Å²) in [5.41, 5.74) is -0.450. The zero-order valence-corrected chi connectivity index (χ0v) is 12.5. The highest BCUT2D eigenvalue weighted by molar-refractivity contribution is 9.10. The average Bonchev–Trinajstić information content (AvgIpc) is 2.43. The predicted octanol–water partition coefficient (Wildman–Crippen LogP) is 1.80. The third-order valence-electron chi connectivity index (χ3n) is 3.43. The number of rotatable bonds is 4. The summed E-state index contributed by atoms with van der Waals surface area (Å²) in [5, 5.41) is 6.15. The molecule has 2 rings (SSSR count). The number of methoxy groups -OCH3 is 1. The molecule has 6 heteroatoms. The van der Waals surface area contributed by atoms with Crippen LogP contribution in [0.15, 0.2) is 22.8 Å². The van der Waals surface area contributed by atoms with Gasteiger partial charge in [0.2, 0.25) is 5.91 Å². The fourth-order valence-electron chi connectivity index (χ4n) is 2.32. The number of hydrogen-bond donors (Lipinski definition) is 2. The van der Waals surface area contributed by atoms with Crippen LogP contribution in [0, 0.1) is 5.41 Å². The summed E-state index contributed by atoms with van der Waals surface area (Å²) < 4.78 is 6.13. The van der Waals surface area contributed by atoms with Crippen molar-refractivity contribution in [3.8, 4) is 0 Å². The van der Waals surface area contributed by atoms with Crippen LogP contribution in [0.2, 0.25) is 0 Å². The highest BCUT2D eigenvalue weighted by atomic mass is 79.9. The highest BCUT2D eigenvalue weighted by Crippen LogP contribution is 2.30. The van der Waals surface area contributed by atoms with Crippen LogP contribution in [0.4, 0.5) is 5.82 Å². The first-order valence-corrected chi connectivity index (χ1v) is 7.08. The number of piperidine rings is 1. The molecule has 0 atom stereocenters. The number of pyridine rings is 1. The van der Waals surface area contributed by atoms with Crippen molar-refractivity contribution in [3.63, 3.8) is 0 Å². The molecule has 1 fully saturated rings. The van der Waals surface area contributed by atoms with Crippen LogP contribution >= 0.6 is 15.9 Å². The zero-order valence-electron chi connectivity index (χ0n) is 10.9. The summed E-state index contributed by atoms with van der Waals surface area (Å²) in [6, 6.07) is 3.64. The summed E-state index contributed by atoms with van der Waals surface area (Å²) in [7, 11) is 1.63. The molecule has 0 spiro atoms. The van der Waals surface area contributed by atoms with Gasteiger partial charge >= 0.3 is 0 Å². The lowest BCUT2D eigenvalue weighted by Crippen LogP contribution is -2.47. The number of halogens is 1. The van der Waals surface area contributed by atoms with Crippen molar-refractivity contribution in [2.24, 2.45) is 5.41 Å². The topological polar surface area (TPSA) is 63.2 Å². The van der Waals surface area contributed by atoms with Gasteiger partial charge in [0, 0.05) is 17.8 Å². The molecule has 104 valence electrons. The number of carbonyl (C=O) groups is 1. The van der Waals surface area contributed by atoms with Crippen LogP contribution in [-0.4, -0.2) is 37.7 Å². The van der Waals surface area contributed by atoms with E-state index >= 15 is 0 Å². The van der Waals surface area contributed by atoms with Gasteiger partial charge in [-0.2, -0.15) is 0 Å². The van der Waals surface area contributed by atoms with Crippen molar-refractivity contribution in [1.29, 1.82) is 0 Å². The molecular weight excluding hydrogens is 310 g/mol. The van der Waals surface area contributed by atoms with Crippen LogP contribution < -0.4 is 10.6 Å². The Morgan fingerprint density at radius 3 is 2.84 bits per heavy atom. The SMILES string of the molecule is COCC1(C(=O)Nc2ccc(Br)cn2)CCNCC1. The molecule has 1 aliphatic rings. The van der Waals surface area contributed by atoms with E-state index in [0.717, 1.165) is 30.4 Å². The van der Waals surface area contributed by atoms with Gasteiger partial charge in [0.15, 0.2) is 0 Å². The van der Waals surface area contributed by atoms with Gasteiger partial charge in [-0.15, -0.1) is 0 Å². The minimum absolute atomic E-state index is 0.00864. The minimum atomic E-state index is -0.450. The summed E-state index contributed by atoms with van der Waals surface area (Å²) >= 11 is 3.32. The number of amides is 1. The maximum Gasteiger partial charge on any atom is 0.234 e. The minimum Gasteiger partial charge on any atom is -0.384 e. The van der Waals surface area contributed by atoms with E-state index in [1.54, 1.807) is 19.4 Å². The molecule has 0 unspecified atom stereocenters. The van der Waals surface area contributed by atoms with Crippen LogP contribution in [-0.2, 0) is 9.53 Å². The second-order valence-corrected chi connectivity index (χ2v) is 5.69. The van der Waals surface area contributed by atoms with Gasteiger partial charge in [0.25, 0.3) is 0 Å². The van der Waals surface area contributed by atoms with Crippen molar-refractivity contribution in [2.75, 3.05) is 32.1 Å². The molecule has 2 N–H and O–H groups in total. The van der Waals surface area contributed by atoms with Crippen molar-refractivity contribution in [1.82, 2.24) is 10.3 Å². The monoisotopic (exact) mass is 327 g/mol.